The first kappa shape index (κ1) is 14.6. The predicted molar refractivity (Wildman–Crippen MR) is 82.5 cm³/mol. The summed E-state index contributed by atoms with van der Waals surface area (Å²) >= 11 is 0. The number of hydrogen-bond donors (Lipinski definition) is 0. The molecule has 1 fully saturated rings. The van der Waals surface area contributed by atoms with E-state index in [9.17, 15) is 4.79 Å². The van der Waals surface area contributed by atoms with Crippen LogP contribution in [0.1, 0.15) is 28.9 Å². The molecule has 0 unspecified atom stereocenters. The van der Waals surface area contributed by atoms with Crippen molar-refractivity contribution in [3.05, 3.63) is 42.0 Å². The summed E-state index contributed by atoms with van der Waals surface area (Å²) in [5.41, 5.74) is 1.41. The number of nitrogens with zero attached hydrogens (tertiary/aromatic N) is 2. The summed E-state index contributed by atoms with van der Waals surface area (Å²) in [7, 11) is 3.14. The van der Waals surface area contributed by atoms with Gasteiger partial charge in [0.1, 0.15) is 0 Å². The van der Waals surface area contributed by atoms with Crippen LogP contribution < -0.4 is 9.47 Å². The van der Waals surface area contributed by atoms with Crippen LogP contribution in [0, 0.1) is 5.92 Å². The van der Waals surface area contributed by atoms with Crippen LogP contribution in [-0.4, -0.2) is 29.6 Å². The molecule has 116 valence electrons. The molecule has 1 heterocycles. The Balaban J connectivity index is 1.69. The van der Waals surface area contributed by atoms with E-state index < -0.39 is 0 Å². The molecule has 5 nitrogen and oxygen atoms in total. The molecule has 3 rings (SSSR count). The molecule has 0 N–H and O–H groups in total. The Hall–Kier alpha value is -2.30. The molecular weight excluding hydrogens is 280 g/mol. The van der Waals surface area contributed by atoms with Gasteiger partial charge >= 0.3 is 0 Å². The Bertz CT molecular complexity index is 674. The van der Waals surface area contributed by atoms with Crippen molar-refractivity contribution >= 4 is 5.78 Å². The van der Waals surface area contributed by atoms with Gasteiger partial charge in [-0.2, -0.15) is 0 Å². The van der Waals surface area contributed by atoms with Crippen molar-refractivity contribution in [2.24, 2.45) is 5.92 Å². The fourth-order valence-electron chi connectivity index (χ4n) is 2.47. The van der Waals surface area contributed by atoms with Gasteiger partial charge in [0.25, 0.3) is 0 Å². The molecule has 1 aromatic heterocycles. The normalized spacial score (nSPS) is 13.9. The van der Waals surface area contributed by atoms with Crippen molar-refractivity contribution in [2.45, 2.75) is 25.8 Å². The lowest BCUT2D eigenvalue weighted by Gasteiger charge is -2.08. The van der Waals surface area contributed by atoms with E-state index in [0.29, 0.717) is 23.5 Å². The topological polar surface area (TPSA) is 53.4 Å². The number of ketones is 1. The first-order valence-corrected chi connectivity index (χ1v) is 7.45. The Morgan fingerprint density at radius 2 is 2.05 bits per heavy atom. The fraction of sp³-hybridized carbons (Fsp3) is 0.412. The van der Waals surface area contributed by atoms with Crippen LogP contribution in [0.3, 0.4) is 0 Å². The summed E-state index contributed by atoms with van der Waals surface area (Å²) in [5, 5.41) is 0. The van der Waals surface area contributed by atoms with Gasteiger partial charge in [-0.3, -0.25) is 4.79 Å². The molecule has 1 saturated carbocycles. The molecule has 0 atom stereocenters. The fourth-order valence-corrected chi connectivity index (χ4v) is 2.47. The Morgan fingerprint density at radius 3 is 2.73 bits per heavy atom. The van der Waals surface area contributed by atoms with Crippen LogP contribution >= 0.6 is 0 Å². The number of rotatable bonds is 7. The lowest BCUT2D eigenvalue weighted by molar-refractivity contribution is 0.0991. The average Bonchev–Trinajstić information content (AvgIpc) is 3.25. The van der Waals surface area contributed by atoms with Gasteiger partial charge in [0.2, 0.25) is 0 Å². The first-order chi connectivity index (χ1) is 10.7. The van der Waals surface area contributed by atoms with Crippen LogP contribution in [0.5, 0.6) is 11.5 Å². The Kier molecular flexibility index (Phi) is 4.13. The van der Waals surface area contributed by atoms with E-state index in [2.05, 4.69) is 9.55 Å². The lowest BCUT2D eigenvalue weighted by Crippen LogP contribution is -2.05. The van der Waals surface area contributed by atoms with E-state index >= 15 is 0 Å². The molecular formula is C17H20N2O3. The molecule has 2 aromatic rings. The highest BCUT2D eigenvalue weighted by atomic mass is 16.5. The minimum atomic E-state index is 0.0256. The largest absolute Gasteiger partial charge is 0.493 e. The van der Waals surface area contributed by atoms with Crippen molar-refractivity contribution in [3.8, 4) is 11.5 Å². The number of hydrogen-bond acceptors (Lipinski definition) is 4. The van der Waals surface area contributed by atoms with Crippen LogP contribution in [0.25, 0.3) is 0 Å². The van der Waals surface area contributed by atoms with Gasteiger partial charge in [0.15, 0.2) is 17.3 Å². The first-order valence-electron chi connectivity index (χ1n) is 7.45. The van der Waals surface area contributed by atoms with Crippen molar-refractivity contribution in [1.82, 2.24) is 9.55 Å². The highest BCUT2D eigenvalue weighted by Crippen LogP contribution is 2.30. The molecule has 0 spiro atoms. The Labute approximate surface area is 129 Å². The molecule has 1 aliphatic carbocycles. The summed E-state index contributed by atoms with van der Waals surface area (Å²) in [6.45, 7) is 1.01. The maximum atomic E-state index is 12.4. The third kappa shape index (κ3) is 3.30. The second-order valence-corrected chi connectivity index (χ2v) is 5.67. The SMILES string of the molecule is COc1ccc(C(=O)Cc2cn(CC3CC3)cn2)cc1OC. The molecule has 5 heteroatoms. The van der Waals surface area contributed by atoms with E-state index in [1.54, 1.807) is 32.4 Å². The highest BCUT2D eigenvalue weighted by Gasteiger charge is 2.21. The third-order valence-electron chi connectivity index (χ3n) is 3.90. The molecule has 1 aromatic carbocycles. The maximum Gasteiger partial charge on any atom is 0.169 e. The van der Waals surface area contributed by atoms with Gasteiger partial charge in [0, 0.05) is 18.3 Å². The third-order valence-corrected chi connectivity index (χ3v) is 3.90. The Morgan fingerprint density at radius 1 is 1.27 bits per heavy atom. The standard InChI is InChI=1S/C17H20N2O3/c1-21-16-6-5-13(7-17(16)22-2)15(20)8-14-10-19(11-18-14)9-12-3-4-12/h5-7,10-12H,3-4,8-9H2,1-2H3. The quantitative estimate of drug-likeness (QED) is 0.738. The lowest BCUT2D eigenvalue weighted by atomic mass is 10.1. The minimum Gasteiger partial charge on any atom is -0.493 e. The maximum absolute atomic E-state index is 12.4. The van der Waals surface area contributed by atoms with E-state index in [0.717, 1.165) is 18.2 Å². The number of benzene rings is 1. The van der Waals surface area contributed by atoms with Gasteiger partial charge in [0.05, 0.1) is 32.7 Å². The predicted octanol–water partition coefficient (Wildman–Crippen LogP) is 2.74. The number of carbonyl (C=O) groups excluding carboxylic acids is 1. The number of methoxy groups -OCH3 is 2. The summed E-state index contributed by atoms with van der Waals surface area (Å²) in [6.07, 6.45) is 6.69. The molecule has 0 amide bonds. The zero-order valence-electron chi connectivity index (χ0n) is 12.9. The van der Waals surface area contributed by atoms with Crippen molar-refractivity contribution in [2.75, 3.05) is 14.2 Å². The zero-order valence-corrected chi connectivity index (χ0v) is 12.9. The molecule has 0 radical (unpaired) electrons. The monoisotopic (exact) mass is 300 g/mol. The van der Waals surface area contributed by atoms with Crippen molar-refractivity contribution in [1.29, 1.82) is 0 Å². The van der Waals surface area contributed by atoms with Gasteiger partial charge < -0.3 is 14.0 Å². The summed E-state index contributed by atoms with van der Waals surface area (Å²) < 4.78 is 12.5. The number of carbonyl (C=O) groups is 1. The molecule has 0 aliphatic heterocycles. The van der Waals surface area contributed by atoms with Crippen molar-refractivity contribution < 1.29 is 14.3 Å². The summed E-state index contributed by atoms with van der Waals surface area (Å²) in [6, 6.07) is 5.21. The van der Waals surface area contributed by atoms with Crippen molar-refractivity contribution in [3.63, 3.8) is 0 Å². The minimum absolute atomic E-state index is 0.0256. The van der Waals surface area contributed by atoms with E-state index in [1.807, 2.05) is 12.5 Å². The van der Waals surface area contributed by atoms with Crippen LogP contribution in [0.15, 0.2) is 30.7 Å². The van der Waals surface area contributed by atoms with E-state index in [4.69, 9.17) is 9.47 Å². The molecule has 1 aliphatic rings. The zero-order chi connectivity index (χ0) is 15.5. The molecule has 0 saturated heterocycles. The average molecular weight is 300 g/mol. The van der Waals surface area contributed by atoms with Crippen LogP contribution in [-0.2, 0) is 13.0 Å². The van der Waals surface area contributed by atoms with Gasteiger partial charge in [-0.05, 0) is 37.0 Å². The number of ether oxygens (including phenoxy) is 2. The summed E-state index contributed by atoms with van der Waals surface area (Å²) in [5.74, 6) is 2.00. The highest BCUT2D eigenvalue weighted by molar-refractivity contribution is 5.97. The molecule has 0 bridgehead atoms. The number of imidazole rings is 1. The van der Waals surface area contributed by atoms with Crippen LogP contribution in [0.2, 0.25) is 0 Å². The second kappa shape index (κ2) is 6.22. The van der Waals surface area contributed by atoms with Gasteiger partial charge in [-0.1, -0.05) is 0 Å². The van der Waals surface area contributed by atoms with E-state index in [-0.39, 0.29) is 5.78 Å². The smallest absolute Gasteiger partial charge is 0.169 e. The second-order valence-electron chi connectivity index (χ2n) is 5.67. The summed E-state index contributed by atoms with van der Waals surface area (Å²) in [4.78, 5) is 16.7. The van der Waals surface area contributed by atoms with E-state index in [1.165, 1.54) is 12.8 Å². The van der Waals surface area contributed by atoms with Crippen LogP contribution in [0.4, 0.5) is 0 Å². The number of aromatic nitrogens is 2. The van der Waals surface area contributed by atoms with Gasteiger partial charge in [-0.15, -0.1) is 0 Å². The van der Waals surface area contributed by atoms with Gasteiger partial charge in [-0.25, -0.2) is 4.98 Å². The number of Topliss-reactive ketones (excluding diaryl/α,β-unsaturated/α-hetero) is 1. The molecule has 22 heavy (non-hydrogen) atoms.